The number of hydrogen-bond acceptors (Lipinski definition) is 6. The van der Waals surface area contributed by atoms with Gasteiger partial charge in [-0.25, -0.2) is 14.8 Å². The van der Waals surface area contributed by atoms with Gasteiger partial charge in [0.15, 0.2) is 5.69 Å². The van der Waals surface area contributed by atoms with Gasteiger partial charge in [0.2, 0.25) is 5.75 Å². The summed E-state index contributed by atoms with van der Waals surface area (Å²) in [5.41, 5.74) is 0.732. The first-order chi connectivity index (χ1) is 12.6. The highest BCUT2D eigenvalue weighted by molar-refractivity contribution is 5.89. The normalized spacial score (nSPS) is 10.7. The van der Waals surface area contributed by atoms with Gasteiger partial charge in [0.25, 0.3) is 5.56 Å². The summed E-state index contributed by atoms with van der Waals surface area (Å²) in [4.78, 5) is 34.4. The summed E-state index contributed by atoms with van der Waals surface area (Å²) in [5, 5.41) is 9.77. The van der Waals surface area contributed by atoms with Crippen LogP contribution in [0.4, 0.5) is 0 Å². The number of rotatable bonds is 6. The van der Waals surface area contributed by atoms with Gasteiger partial charge in [0.1, 0.15) is 5.82 Å². The van der Waals surface area contributed by atoms with E-state index >= 15 is 0 Å². The first kappa shape index (κ1) is 17.4. The van der Waals surface area contributed by atoms with Crippen molar-refractivity contribution in [3.8, 4) is 5.75 Å². The average Bonchev–Trinajstić information content (AvgIpc) is 3.05. The van der Waals surface area contributed by atoms with Gasteiger partial charge in [-0.05, 0) is 12.5 Å². The average molecular weight is 354 g/mol. The number of carbonyl (C=O) groups excluding carboxylic acids is 1. The molecule has 0 saturated carbocycles. The Morgan fingerprint density at radius 2 is 2.08 bits per heavy atom. The summed E-state index contributed by atoms with van der Waals surface area (Å²) in [5.74, 6) is -1.34. The van der Waals surface area contributed by atoms with Crippen LogP contribution in [0.5, 0.6) is 5.75 Å². The lowest BCUT2D eigenvalue weighted by molar-refractivity contribution is 0.0514. The molecule has 0 bridgehead atoms. The zero-order valence-electron chi connectivity index (χ0n) is 14.2. The van der Waals surface area contributed by atoms with Gasteiger partial charge in [0, 0.05) is 24.9 Å². The van der Waals surface area contributed by atoms with Crippen LogP contribution in [0.2, 0.25) is 0 Å². The first-order valence-corrected chi connectivity index (χ1v) is 8.10. The number of carbonyl (C=O) groups is 1. The molecule has 2 aromatic heterocycles. The van der Waals surface area contributed by atoms with E-state index in [0.29, 0.717) is 6.54 Å². The molecule has 3 rings (SSSR count). The molecule has 0 spiro atoms. The van der Waals surface area contributed by atoms with Crippen molar-refractivity contribution in [1.82, 2.24) is 19.5 Å². The van der Waals surface area contributed by atoms with Gasteiger partial charge in [-0.2, -0.15) is 0 Å². The van der Waals surface area contributed by atoms with E-state index in [0.717, 1.165) is 11.3 Å². The molecule has 0 fully saturated rings. The fourth-order valence-corrected chi connectivity index (χ4v) is 2.53. The monoisotopic (exact) mass is 354 g/mol. The number of esters is 1. The third kappa shape index (κ3) is 3.80. The van der Waals surface area contributed by atoms with Gasteiger partial charge in [-0.3, -0.25) is 4.79 Å². The van der Waals surface area contributed by atoms with Crippen molar-refractivity contribution in [3.05, 3.63) is 76.0 Å². The van der Waals surface area contributed by atoms with Crippen molar-refractivity contribution >= 4 is 5.97 Å². The summed E-state index contributed by atoms with van der Waals surface area (Å²) < 4.78 is 6.75. The molecule has 0 amide bonds. The number of hydrogen-bond donors (Lipinski definition) is 2. The minimum Gasteiger partial charge on any atom is -0.501 e. The van der Waals surface area contributed by atoms with E-state index in [-0.39, 0.29) is 24.5 Å². The third-order valence-corrected chi connectivity index (χ3v) is 3.76. The number of ether oxygens (including phenoxy) is 1. The van der Waals surface area contributed by atoms with Crippen molar-refractivity contribution in [1.29, 1.82) is 0 Å². The van der Waals surface area contributed by atoms with Crippen LogP contribution in [0.15, 0.2) is 47.7 Å². The SMILES string of the molecule is CCOC(=O)c1nc(Cc2cncn2Cc2ccccc2)[nH]c(=O)c1O. The smallest absolute Gasteiger partial charge is 0.361 e. The van der Waals surface area contributed by atoms with Gasteiger partial charge in [0.05, 0.1) is 12.9 Å². The Bertz CT molecular complexity index is 963. The minimum atomic E-state index is -0.838. The zero-order valence-corrected chi connectivity index (χ0v) is 14.2. The molecular weight excluding hydrogens is 336 g/mol. The van der Waals surface area contributed by atoms with Crippen molar-refractivity contribution in [2.45, 2.75) is 19.9 Å². The first-order valence-electron chi connectivity index (χ1n) is 8.10. The zero-order chi connectivity index (χ0) is 18.5. The lowest BCUT2D eigenvalue weighted by Crippen LogP contribution is -2.19. The Labute approximate surface area is 149 Å². The summed E-state index contributed by atoms with van der Waals surface area (Å²) in [6.07, 6.45) is 3.60. The summed E-state index contributed by atoms with van der Waals surface area (Å²) >= 11 is 0. The molecule has 2 heterocycles. The summed E-state index contributed by atoms with van der Waals surface area (Å²) in [7, 11) is 0. The lowest BCUT2D eigenvalue weighted by Gasteiger charge is -2.09. The highest BCUT2D eigenvalue weighted by atomic mass is 16.5. The maximum atomic E-state index is 11.9. The van der Waals surface area contributed by atoms with Crippen LogP contribution in [0, 0.1) is 0 Å². The molecule has 3 aromatic rings. The van der Waals surface area contributed by atoms with E-state index in [2.05, 4.69) is 15.0 Å². The fourth-order valence-electron chi connectivity index (χ4n) is 2.53. The highest BCUT2D eigenvalue weighted by Crippen LogP contribution is 2.13. The Balaban J connectivity index is 1.87. The van der Waals surface area contributed by atoms with E-state index in [1.54, 1.807) is 19.4 Å². The van der Waals surface area contributed by atoms with Crippen LogP contribution >= 0.6 is 0 Å². The molecule has 0 aliphatic rings. The lowest BCUT2D eigenvalue weighted by atomic mass is 10.2. The van der Waals surface area contributed by atoms with E-state index in [1.165, 1.54) is 0 Å². The highest BCUT2D eigenvalue weighted by Gasteiger charge is 2.19. The van der Waals surface area contributed by atoms with Crippen LogP contribution in [0.1, 0.15) is 34.5 Å². The van der Waals surface area contributed by atoms with E-state index in [9.17, 15) is 14.7 Å². The second-order valence-corrected chi connectivity index (χ2v) is 5.61. The van der Waals surface area contributed by atoms with Crippen molar-refractivity contribution < 1.29 is 14.6 Å². The number of H-pyrrole nitrogens is 1. The van der Waals surface area contributed by atoms with Crippen molar-refractivity contribution in [2.24, 2.45) is 0 Å². The third-order valence-electron chi connectivity index (χ3n) is 3.76. The molecule has 8 nitrogen and oxygen atoms in total. The molecule has 0 unspecified atom stereocenters. The Morgan fingerprint density at radius 3 is 2.81 bits per heavy atom. The molecule has 0 aliphatic heterocycles. The van der Waals surface area contributed by atoms with Crippen molar-refractivity contribution in [2.75, 3.05) is 6.61 Å². The molecule has 26 heavy (non-hydrogen) atoms. The number of nitrogens with one attached hydrogen (secondary N) is 1. The number of aromatic hydroxyl groups is 1. The number of benzene rings is 1. The molecule has 1 aromatic carbocycles. The molecule has 0 radical (unpaired) electrons. The Hall–Kier alpha value is -3.42. The summed E-state index contributed by atoms with van der Waals surface area (Å²) in [6.45, 7) is 2.36. The largest absolute Gasteiger partial charge is 0.501 e. The van der Waals surface area contributed by atoms with Crippen LogP contribution in [-0.4, -0.2) is 37.2 Å². The van der Waals surface area contributed by atoms with E-state index < -0.39 is 17.3 Å². The number of imidazole rings is 1. The van der Waals surface area contributed by atoms with E-state index in [1.807, 2.05) is 34.9 Å². The molecule has 2 N–H and O–H groups in total. The van der Waals surface area contributed by atoms with Gasteiger partial charge < -0.3 is 19.4 Å². The minimum absolute atomic E-state index is 0.117. The second-order valence-electron chi connectivity index (χ2n) is 5.61. The van der Waals surface area contributed by atoms with Gasteiger partial charge in [-0.1, -0.05) is 30.3 Å². The number of aromatic amines is 1. The molecule has 134 valence electrons. The maximum absolute atomic E-state index is 11.9. The quantitative estimate of drug-likeness (QED) is 0.649. The molecule has 0 atom stereocenters. The fraction of sp³-hybridized carbons (Fsp3) is 0.222. The van der Waals surface area contributed by atoms with Crippen LogP contribution in [0.25, 0.3) is 0 Å². The van der Waals surface area contributed by atoms with Gasteiger partial charge >= 0.3 is 5.97 Å². The van der Waals surface area contributed by atoms with Crippen LogP contribution in [0.3, 0.4) is 0 Å². The predicted molar refractivity (Wildman–Crippen MR) is 93.1 cm³/mol. The Morgan fingerprint density at radius 1 is 1.31 bits per heavy atom. The number of aromatic nitrogens is 4. The van der Waals surface area contributed by atoms with Crippen molar-refractivity contribution in [3.63, 3.8) is 0 Å². The van der Waals surface area contributed by atoms with Crippen LogP contribution < -0.4 is 5.56 Å². The molecular formula is C18H18N4O4. The predicted octanol–water partition coefficient (Wildman–Crippen LogP) is 1.49. The standard InChI is InChI=1S/C18H18N4O4/c1-2-26-18(25)15-16(23)17(24)21-14(20-15)8-13-9-19-11-22(13)10-12-6-4-3-5-7-12/h3-7,9,11,23H,2,8,10H2,1H3,(H,20,21,24). The van der Waals surface area contributed by atoms with Gasteiger partial charge in [-0.15, -0.1) is 0 Å². The Kier molecular flexibility index (Phi) is 5.12. The topological polar surface area (TPSA) is 110 Å². The van der Waals surface area contributed by atoms with Crippen LogP contribution in [-0.2, 0) is 17.7 Å². The molecule has 0 saturated heterocycles. The molecule has 0 aliphatic carbocycles. The summed E-state index contributed by atoms with van der Waals surface area (Å²) in [6, 6.07) is 9.86. The molecule has 8 heteroatoms. The second kappa shape index (κ2) is 7.64. The van der Waals surface area contributed by atoms with E-state index in [4.69, 9.17) is 4.74 Å². The number of nitrogens with zero attached hydrogens (tertiary/aromatic N) is 3. The maximum Gasteiger partial charge on any atom is 0.361 e.